The maximum Gasteiger partial charge on any atom is 0.222 e. The lowest BCUT2D eigenvalue weighted by Crippen LogP contribution is -2.46. The minimum Gasteiger partial charge on any atom is -0.343 e. The van der Waals surface area contributed by atoms with E-state index in [0.717, 1.165) is 25.9 Å². The van der Waals surface area contributed by atoms with E-state index < -0.39 is 0 Å². The van der Waals surface area contributed by atoms with Crippen LogP contribution in [-0.4, -0.2) is 36.0 Å². The van der Waals surface area contributed by atoms with E-state index in [1.807, 2.05) is 4.90 Å². The second-order valence-corrected chi connectivity index (χ2v) is 5.57. The zero-order valence-corrected chi connectivity index (χ0v) is 11.1. The van der Waals surface area contributed by atoms with Crippen LogP contribution in [0.25, 0.3) is 0 Å². The molecule has 0 aromatic heterocycles. The van der Waals surface area contributed by atoms with Crippen molar-refractivity contribution in [2.24, 2.45) is 5.92 Å². The summed E-state index contributed by atoms with van der Waals surface area (Å²) in [5, 5.41) is 3.54. The van der Waals surface area contributed by atoms with Gasteiger partial charge in [0.1, 0.15) is 0 Å². The summed E-state index contributed by atoms with van der Waals surface area (Å²) >= 11 is 0. The lowest BCUT2D eigenvalue weighted by molar-refractivity contribution is -0.133. The normalized spacial score (nSPS) is 18.5. The number of rotatable bonds is 4. The number of nitrogens with zero attached hydrogens (tertiary/aromatic N) is 1. The molecule has 1 aliphatic heterocycles. The van der Waals surface area contributed by atoms with Crippen molar-refractivity contribution in [1.82, 2.24) is 10.2 Å². The first-order valence-electron chi connectivity index (χ1n) is 6.53. The van der Waals surface area contributed by atoms with E-state index in [1.54, 1.807) is 0 Å². The molecule has 1 rings (SSSR count). The fourth-order valence-corrected chi connectivity index (χ4v) is 2.25. The van der Waals surface area contributed by atoms with E-state index in [9.17, 15) is 4.79 Å². The van der Waals surface area contributed by atoms with Crippen LogP contribution in [0.5, 0.6) is 0 Å². The molecule has 0 aliphatic carbocycles. The molecular weight excluding hydrogens is 200 g/mol. The van der Waals surface area contributed by atoms with Crippen LogP contribution in [-0.2, 0) is 4.79 Å². The summed E-state index contributed by atoms with van der Waals surface area (Å²) in [4.78, 5) is 13.9. The third kappa shape index (κ3) is 4.52. The van der Waals surface area contributed by atoms with Crippen LogP contribution in [0.1, 0.15) is 47.0 Å². The summed E-state index contributed by atoms with van der Waals surface area (Å²) in [6.07, 6.45) is 2.90. The van der Waals surface area contributed by atoms with Gasteiger partial charge in [-0.15, -0.1) is 0 Å². The Kier molecular flexibility index (Phi) is 5.26. The molecule has 0 aromatic rings. The molecule has 0 unspecified atom stereocenters. The number of piperidine rings is 1. The molecule has 1 N–H and O–H groups in total. The van der Waals surface area contributed by atoms with Crippen molar-refractivity contribution >= 4 is 5.91 Å². The maximum atomic E-state index is 11.8. The predicted molar refractivity (Wildman–Crippen MR) is 67.3 cm³/mol. The van der Waals surface area contributed by atoms with Crippen molar-refractivity contribution in [2.75, 3.05) is 13.1 Å². The number of carbonyl (C=O) groups excluding carboxylic acids is 1. The van der Waals surface area contributed by atoms with Gasteiger partial charge >= 0.3 is 0 Å². The fourth-order valence-electron chi connectivity index (χ4n) is 2.25. The van der Waals surface area contributed by atoms with Crippen LogP contribution in [0, 0.1) is 5.92 Å². The van der Waals surface area contributed by atoms with Gasteiger partial charge in [-0.25, -0.2) is 0 Å². The summed E-state index contributed by atoms with van der Waals surface area (Å²) < 4.78 is 0. The Morgan fingerprint density at radius 1 is 1.25 bits per heavy atom. The van der Waals surface area contributed by atoms with Gasteiger partial charge in [0.15, 0.2) is 0 Å². The summed E-state index contributed by atoms with van der Waals surface area (Å²) in [5.41, 5.74) is 0. The van der Waals surface area contributed by atoms with E-state index in [0.29, 0.717) is 30.3 Å². The van der Waals surface area contributed by atoms with Gasteiger partial charge in [0.05, 0.1) is 0 Å². The van der Waals surface area contributed by atoms with E-state index in [-0.39, 0.29) is 0 Å². The molecule has 0 atom stereocenters. The molecule has 1 amide bonds. The molecule has 1 saturated heterocycles. The number of carbonyl (C=O) groups is 1. The average molecular weight is 226 g/mol. The van der Waals surface area contributed by atoms with Gasteiger partial charge in [0.25, 0.3) is 0 Å². The largest absolute Gasteiger partial charge is 0.343 e. The smallest absolute Gasteiger partial charge is 0.222 e. The Labute approximate surface area is 99.6 Å². The van der Waals surface area contributed by atoms with Gasteiger partial charge in [0.2, 0.25) is 5.91 Å². The van der Waals surface area contributed by atoms with Gasteiger partial charge in [-0.2, -0.15) is 0 Å². The molecule has 0 aromatic carbocycles. The molecule has 0 radical (unpaired) electrons. The van der Waals surface area contributed by atoms with Crippen molar-refractivity contribution < 1.29 is 4.79 Å². The van der Waals surface area contributed by atoms with E-state index in [1.165, 1.54) is 0 Å². The highest BCUT2D eigenvalue weighted by Crippen LogP contribution is 2.13. The van der Waals surface area contributed by atoms with Gasteiger partial charge in [-0.05, 0) is 18.8 Å². The number of amides is 1. The number of hydrogen-bond donors (Lipinski definition) is 1. The zero-order chi connectivity index (χ0) is 12.1. The third-order valence-electron chi connectivity index (χ3n) is 3.00. The summed E-state index contributed by atoms with van der Waals surface area (Å²) in [6.45, 7) is 10.4. The Morgan fingerprint density at radius 3 is 2.25 bits per heavy atom. The van der Waals surface area contributed by atoms with Crippen LogP contribution >= 0.6 is 0 Å². The fraction of sp³-hybridized carbons (Fsp3) is 0.923. The molecule has 16 heavy (non-hydrogen) atoms. The SMILES string of the molecule is CC(C)CC(=O)N1CCC(NC(C)C)CC1. The van der Waals surface area contributed by atoms with E-state index >= 15 is 0 Å². The quantitative estimate of drug-likeness (QED) is 0.795. The van der Waals surface area contributed by atoms with Gasteiger partial charge < -0.3 is 10.2 Å². The van der Waals surface area contributed by atoms with Crippen LogP contribution in [0.4, 0.5) is 0 Å². The van der Waals surface area contributed by atoms with Crippen molar-refractivity contribution in [3.63, 3.8) is 0 Å². The minimum absolute atomic E-state index is 0.331. The Balaban J connectivity index is 2.28. The first-order chi connectivity index (χ1) is 7.49. The summed E-state index contributed by atoms with van der Waals surface area (Å²) in [6, 6.07) is 1.14. The first kappa shape index (κ1) is 13.5. The number of nitrogens with one attached hydrogen (secondary N) is 1. The van der Waals surface area contributed by atoms with Gasteiger partial charge in [-0.1, -0.05) is 27.7 Å². The maximum absolute atomic E-state index is 11.8. The van der Waals surface area contributed by atoms with Crippen LogP contribution in [0.2, 0.25) is 0 Å². The third-order valence-corrected chi connectivity index (χ3v) is 3.00. The standard InChI is InChI=1S/C13H26N2O/c1-10(2)9-13(16)15-7-5-12(6-8-15)14-11(3)4/h10-12,14H,5-9H2,1-4H3. The first-order valence-corrected chi connectivity index (χ1v) is 6.53. The Morgan fingerprint density at radius 2 is 1.81 bits per heavy atom. The Bertz CT molecular complexity index is 218. The topological polar surface area (TPSA) is 32.3 Å². The van der Waals surface area contributed by atoms with Crippen LogP contribution in [0.15, 0.2) is 0 Å². The predicted octanol–water partition coefficient (Wildman–Crippen LogP) is 2.02. The van der Waals surface area contributed by atoms with E-state index in [2.05, 4.69) is 33.0 Å². The van der Waals surface area contributed by atoms with Crippen molar-refractivity contribution in [3.8, 4) is 0 Å². The van der Waals surface area contributed by atoms with Crippen molar-refractivity contribution in [1.29, 1.82) is 0 Å². The lowest BCUT2D eigenvalue weighted by Gasteiger charge is -2.33. The molecular formula is C13H26N2O. The lowest BCUT2D eigenvalue weighted by atomic mass is 10.0. The molecule has 0 saturated carbocycles. The summed E-state index contributed by atoms with van der Waals surface area (Å²) in [7, 11) is 0. The van der Waals surface area contributed by atoms with Crippen molar-refractivity contribution in [3.05, 3.63) is 0 Å². The summed E-state index contributed by atoms with van der Waals surface area (Å²) in [5.74, 6) is 0.803. The highest BCUT2D eigenvalue weighted by molar-refractivity contribution is 5.76. The Hall–Kier alpha value is -0.570. The van der Waals surface area contributed by atoms with Gasteiger partial charge in [0, 0.05) is 31.6 Å². The van der Waals surface area contributed by atoms with Crippen LogP contribution in [0.3, 0.4) is 0 Å². The number of hydrogen-bond acceptors (Lipinski definition) is 2. The molecule has 0 bridgehead atoms. The average Bonchev–Trinajstić information content (AvgIpc) is 2.16. The van der Waals surface area contributed by atoms with Crippen LogP contribution < -0.4 is 5.32 Å². The minimum atomic E-state index is 0.331. The molecule has 1 fully saturated rings. The highest BCUT2D eigenvalue weighted by atomic mass is 16.2. The van der Waals surface area contributed by atoms with Gasteiger partial charge in [-0.3, -0.25) is 4.79 Å². The molecule has 1 aliphatic rings. The number of likely N-dealkylation sites (tertiary alicyclic amines) is 1. The molecule has 3 heteroatoms. The van der Waals surface area contributed by atoms with E-state index in [4.69, 9.17) is 0 Å². The second-order valence-electron chi connectivity index (χ2n) is 5.57. The zero-order valence-electron chi connectivity index (χ0n) is 11.1. The molecule has 3 nitrogen and oxygen atoms in total. The molecule has 0 spiro atoms. The second kappa shape index (κ2) is 6.24. The molecule has 1 heterocycles. The monoisotopic (exact) mass is 226 g/mol. The molecule has 94 valence electrons. The van der Waals surface area contributed by atoms with Crippen molar-refractivity contribution in [2.45, 2.75) is 59.0 Å². The highest BCUT2D eigenvalue weighted by Gasteiger charge is 2.22.